The maximum absolute atomic E-state index is 13.3. The fourth-order valence-corrected chi connectivity index (χ4v) is 4.10. The number of amides is 1. The molecule has 1 amide bonds. The van der Waals surface area contributed by atoms with Crippen molar-refractivity contribution < 1.29 is 9.18 Å². The summed E-state index contributed by atoms with van der Waals surface area (Å²) < 4.78 is 13.3. The van der Waals surface area contributed by atoms with Crippen LogP contribution in [-0.4, -0.2) is 61.0 Å². The van der Waals surface area contributed by atoms with Crippen LogP contribution >= 0.6 is 24.0 Å². The van der Waals surface area contributed by atoms with E-state index in [1.54, 1.807) is 0 Å². The summed E-state index contributed by atoms with van der Waals surface area (Å²) >= 11 is 0. The van der Waals surface area contributed by atoms with Crippen LogP contribution in [0.2, 0.25) is 0 Å². The van der Waals surface area contributed by atoms with Crippen LogP contribution in [0, 0.1) is 11.7 Å². The quantitative estimate of drug-likeness (QED) is 0.156. The van der Waals surface area contributed by atoms with Crippen molar-refractivity contribution in [3.8, 4) is 0 Å². The average molecular weight is 558 g/mol. The molecule has 1 fully saturated rings. The molecule has 1 saturated heterocycles. The first-order valence-corrected chi connectivity index (χ1v) is 11.4. The first-order valence-electron chi connectivity index (χ1n) is 11.4. The Kier molecular flexibility index (Phi) is 11.2. The van der Waals surface area contributed by atoms with E-state index in [-0.39, 0.29) is 41.6 Å². The second kappa shape index (κ2) is 13.6. The third-order valence-corrected chi connectivity index (χ3v) is 5.90. The molecule has 3 rings (SSSR count). The van der Waals surface area contributed by atoms with E-state index in [4.69, 9.17) is 5.73 Å². The van der Waals surface area contributed by atoms with Crippen LogP contribution in [0.5, 0.6) is 0 Å². The molecule has 0 radical (unpaired) electrons. The van der Waals surface area contributed by atoms with Crippen LogP contribution in [0.3, 0.4) is 0 Å². The smallest absolute Gasteiger partial charge is 0.220 e. The molecule has 0 spiro atoms. The van der Waals surface area contributed by atoms with Crippen LogP contribution in [0.1, 0.15) is 38.2 Å². The molecule has 1 aliphatic rings. The fraction of sp³-hybridized carbons (Fsp3) is 0.565. The largest absolute Gasteiger partial charge is 0.369 e. The molecule has 178 valence electrons. The molecule has 0 atom stereocenters. The van der Waals surface area contributed by atoms with Gasteiger partial charge in [-0.1, -0.05) is 0 Å². The lowest BCUT2D eigenvalue weighted by atomic mass is 9.96. The molecular weight excluding hydrogens is 522 g/mol. The van der Waals surface area contributed by atoms with E-state index in [1.807, 2.05) is 12.3 Å². The number of aromatic nitrogens is 1. The van der Waals surface area contributed by atoms with Crippen molar-refractivity contribution in [3.63, 3.8) is 0 Å². The van der Waals surface area contributed by atoms with Crippen molar-refractivity contribution in [1.82, 2.24) is 20.5 Å². The highest BCUT2D eigenvalue weighted by Gasteiger charge is 2.22. The van der Waals surface area contributed by atoms with Crippen molar-refractivity contribution in [2.75, 3.05) is 39.3 Å². The van der Waals surface area contributed by atoms with Gasteiger partial charge in [0.2, 0.25) is 5.91 Å². The summed E-state index contributed by atoms with van der Waals surface area (Å²) in [6.07, 6.45) is 6.66. The van der Waals surface area contributed by atoms with Crippen molar-refractivity contribution in [2.24, 2.45) is 16.6 Å². The zero-order valence-corrected chi connectivity index (χ0v) is 21.2. The molecule has 32 heavy (non-hydrogen) atoms. The number of hydrogen-bond donors (Lipinski definition) is 4. The minimum atomic E-state index is -0.226. The van der Waals surface area contributed by atoms with Gasteiger partial charge in [0.25, 0.3) is 0 Å². The predicted octanol–water partition coefficient (Wildman–Crippen LogP) is 3.00. The Bertz CT molecular complexity index is 878. The third-order valence-electron chi connectivity index (χ3n) is 5.90. The first-order chi connectivity index (χ1) is 15.1. The standard InChI is InChI=1S/C23H35FN6O.HI/c1-2-26-23(27-10-3-4-12-30-13-8-17(9-14-30)22(25)31)28-11-7-18-16-29-21-15-19(24)5-6-20(18)21;/h5-6,15-17,29H,2-4,7-14H2,1H3,(H2,25,31)(H2,26,27,28);1H. The number of unbranched alkanes of at least 4 members (excludes halogenated alkanes) is 1. The van der Waals surface area contributed by atoms with E-state index in [9.17, 15) is 9.18 Å². The minimum Gasteiger partial charge on any atom is -0.369 e. The number of aliphatic imine (C=N–C) groups is 1. The van der Waals surface area contributed by atoms with Gasteiger partial charge < -0.3 is 26.3 Å². The Morgan fingerprint density at radius 1 is 1.28 bits per heavy atom. The molecule has 0 aliphatic carbocycles. The summed E-state index contributed by atoms with van der Waals surface area (Å²) in [5.74, 6) is 0.502. The summed E-state index contributed by atoms with van der Waals surface area (Å²) in [6.45, 7) is 7.37. The molecule has 2 aromatic rings. The van der Waals surface area contributed by atoms with Gasteiger partial charge >= 0.3 is 0 Å². The Hall–Kier alpha value is -1.88. The molecule has 1 aromatic heterocycles. The van der Waals surface area contributed by atoms with Gasteiger partial charge in [-0.15, -0.1) is 24.0 Å². The van der Waals surface area contributed by atoms with Crippen molar-refractivity contribution in [1.29, 1.82) is 0 Å². The molecule has 2 heterocycles. The number of piperidine rings is 1. The van der Waals surface area contributed by atoms with E-state index < -0.39 is 0 Å². The van der Waals surface area contributed by atoms with Gasteiger partial charge in [0.1, 0.15) is 5.82 Å². The molecule has 1 aromatic carbocycles. The molecule has 9 heteroatoms. The summed E-state index contributed by atoms with van der Waals surface area (Å²) in [5.41, 5.74) is 7.39. The van der Waals surface area contributed by atoms with E-state index in [1.165, 1.54) is 17.7 Å². The van der Waals surface area contributed by atoms with Gasteiger partial charge in [0.15, 0.2) is 5.96 Å². The number of carbonyl (C=O) groups excluding carboxylic acids is 1. The number of fused-ring (bicyclic) bond motifs is 1. The Labute approximate surface area is 206 Å². The van der Waals surface area contributed by atoms with Crippen molar-refractivity contribution in [3.05, 3.63) is 35.8 Å². The predicted molar refractivity (Wildman–Crippen MR) is 139 cm³/mol. The molecule has 1 aliphatic heterocycles. The highest BCUT2D eigenvalue weighted by atomic mass is 127. The number of guanidine groups is 1. The summed E-state index contributed by atoms with van der Waals surface area (Å²) in [6, 6.07) is 4.85. The number of nitrogens with two attached hydrogens (primary N) is 1. The van der Waals surface area contributed by atoms with Crippen LogP contribution in [0.4, 0.5) is 4.39 Å². The molecule has 0 bridgehead atoms. The van der Waals surface area contributed by atoms with Crippen LogP contribution < -0.4 is 16.4 Å². The summed E-state index contributed by atoms with van der Waals surface area (Å²) in [7, 11) is 0. The number of aromatic amines is 1. The molecule has 0 saturated carbocycles. The number of rotatable bonds is 10. The number of primary amides is 1. The van der Waals surface area contributed by atoms with Gasteiger partial charge in [-0.2, -0.15) is 0 Å². The van der Waals surface area contributed by atoms with Crippen LogP contribution in [0.15, 0.2) is 29.4 Å². The fourth-order valence-electron chi connectivity index (χ4n) is 4.10. The topological polar surface area (TPSA) is 98.5 Å². The van der Waals surface area contributed by atoms with Gasteiger partial charge in [-0.25, -0.2) is 4.39 Å². The number of halogens is 2. The Morgan fingerprint density at radius 2 is 2.06 bits per heavy atom. The lowest BCUT2D eigenvalue weighted by Crippen LogP contribution is -2.39. The highest BCUT2D eigenvalue weighted by molar-refractivity contribution is 14.0. The van der Waals surface area contributed by atoms with E-state index in [0.717, 1.165) is 88.2 Å². The maximum Gasteiger partial charge on any atom is 0.220 e. The number of hydrogen-bond acceptors (Lipinski definition) is 3. The van der Waals surface area contributed by atoms with Crippen molar-refractivity contribution in [2.45, 2.75) is 39.0 Å². The number of H-pyrrole nitrogens is 1. The minimum absolute atomic E-state index is 0. The van der Waals surface area contributed by atoms with Gasteiger partial charge in [-0.05, 0) is 82.4 Å². The maximum atomic E-state index is 13.3. The summed E-state index contributed by atoms with van der Waals surface area (Å²) in [4.78, 5) is 21.5. The number of nitrogens with one attached hydrogen (secondary N) is 3. The number of nitrogens with zero attached hydrogens (tertiary/aromatic N) is 2. The first kappa shape index (κ1) is 26.4. The molecule has 7 nitrogen and oxygen atoms in total. The monoisotopic (exact) mass is 558 g/mol. The van der Waals surface area contributed by atoms with Gasteiger partial charge in [-0.3, -0.25) is 9.79 Å². The SMILES string of the molecule is CCNC(=NCCCCN1CCC(C(N)=O)CC1)NCCc1c[nH]c2cc(F)ccc12.I. The van der Waals surface area contributed by atoms with E-state index in [0.29, 0.717) is 0 Å². The lowest BCUT2D eigenvalue weighted by molar-refractivity contribution is -0.123. The number of benzene rings is 1. The summed E-state index contributed by atoms with van der Waals surface area (Å²) in [5, 5.41) is 7.74. The molecule has 5 N–H and O–H groups in total. The average Bonchev–Trinajstić information content (AvgIpc) is 3.15. The second-order valence-electron chi connectivity index (χ2n) is 8.17. The molecule has 0 unspecified atom stereocenters. The zero-order chi connectivity index (χ0) is 22.1. The lowest BCUT2D eigenvalue weighted by Gasteiger charge is -2.30. The van der Waals surface area contributed by atoms with E-state index >= 15 is 0 Å². The van der Waals surface area contributed by atoms with Gasteiger partial charge in [0.05, 0.1) is 0 Å². The van der Waals surface area contributed by atoms with Crippen LogP contribution in [0.25, 0.3) is 10.9 Å². The highest BCUT2D eigenvalue weighted by Crippen LogP contribution is 2.19. The zero-order valence-electron chi connectivity index (χ0n) is 18.8. The van der Waals surface area contributed by atoms with Crippen molar-refractivity contribution >= 4 is 46.7 Å². The number of carbonyl (C=O) groups is 1. The van der Waals surface area contributed by atoms with Crippen LogP contribution in [-0.2, 0) is 11.2 Å². The Morgan fingerprint density at radius 3 is 2.78 bits per heavy atom. The second-order valence-corrected chi connectivity index (χ2v) is 8.17. The Balaban J connectivity index is 0.00000363. The third kappa shape index (κ3) is 7.91. The molecular formula is C23H36FIN6O. The van der Waals surface area contributed by atoms with E-state index in [2.05, 4.69) is 32.4 Å². The van der Waals surface area contributed by atoms with Gasteiger partial charge in [0, 0.05) is 42.7 Å². The number of likely N-dealkylation sites (tertiary alicyclic amines) is 1. The normalized spacial score (nSPS) is 15.5.